The Morgan fingerprint density at radius 1 is 1.39 bits per heavy atom. The lowest BCUT2D eigenvalue weighted by atomic mass is 10.2. The third-order valence-corrected chi connectivity index (χ3v) is 5.07. The molecule has 102 valence electrons. The summed E-state index contributed by atoms with van der Waals surface area (Å²) in [6.45, 7) is 3.88. The number of carbonyl (C=O) groups is 1. The first kappa shape index (κ1) is 15.3. The van der Waals surface area contributed by atoms with Crippen LogP contribution in [0.4, 0.5) is 0 Å². The Bertz CT molecular complexity index is 544. The molecule has 1 rings (SSSR count). The highest BCUT2D eigenvalue weighted by molar-refractivity contribution is 8.01. The predicted molar refractivity (Wildman–Crippen MR) is 76.3 cm³/mol. The minimum absolute atomic E-state index is 0.0645. The van der Waals surface area contributed by atoms with E-state index in [1.165, 1.54) is 18.0 Å². The van der Waals surface area contributed by atoms with Gasteiger partial charge in [0.2, 0.25) is 0 Å². The zero-order valence-electron chi connectivity index (χ0n) is 11.2. The lowest BCUT2D eigenvalue weighted by molar-refractivity contribution is 0.102. The summed E-state index contributed by atoms with van der Waals surface area (Å²) >= 11 is 1.37. The molecule has 0 saturated heterocycles. The van der Waals surface area contributed by atoms with Crippen molar-refractivity contribution in [3.8, 4) is 0 Å². The van der Waals surface area contributed by atoms with E-state index < -0.39 is 9.84 Å². The summed E-state index contributed by atoms with van der Waals surface area (Å²) in [7, 11) is -1.00. The Balaban J connectivity index is 2.54. The molecule has 0 spiro atoms. The van der Waals surface area contributed by atoms with Crippen LogP contribution in [0.2, 0.25) is 0 Å². The summed E-state index contributed by atoms with van der Waals surface area (Å²) in [6.07, 6.45) is 1.21. The maximum absolute atomic E-state index is 12.0. The second-order valence-corrected chi connectivity index (χ2v) is 7.81. The fourth-order valence-electron chi connectivity index (χ4n) is 1.59. The van der Waals surface area contributed by atoms with Gasteiger partial charge in [0.05, 0.1) is 11.5 Å². The second kappa shape index (κ2) is 5.93. The minimum Gasteiger partial charge on any atom is -0.351 e. The van der Waals surface area contributed by atoms with Crippen molar-refractivity contribution in [1.29, 1.82) is 0 Å². The molecule has 0 saturated carbocycles. The monoisotopic (exact) mass is 289 g/mol. The summed E-state index contributed by atoms with van der Waals surface area (Å²) in [4.78, 5) is 12.0. The third kappa shape index (κ3) is 4.17. The van der Waals surface area contributed by atoms with Crippen molar-refractivity contribution in [2.75, 3.05) is 23.5 Å². The first-order valence-electron chi connectivity index (χ1n) is 5.64. The number of carbonyl (C=O) groups excluding carboxylic acids is 1. The van der Waals surface area contributed by atoms with Crippen LogP contribution in [0.15, 0.2) is 6.07 Å². The van der Waals surface area contributed by atoms with Crippen molar-refractivity contribution in [2.45, 2.75) is 13.8 Å². The van der Waals surface area contributed by atoms with E-state index in [0.717, 1.165) is 17.0 Å². The van der Waals surface area contributed by atoms with Crippen molar-refractivity contribution < 1.29 is 13.2 Å². The topological polar surface area (TPSA) is 56.1 Å². The summed E-state index contributed by atoms with van der Waals surface area (Å²) in [5, 5.41) is 0. The maximum Gasteiger partial charge on any atom is 0.174 e. The average molecular weight is 289 g/mol. The molecule has 18 heavy (non-hydrogen) atoms. The van der Waals surface area contributed by atoms with Crippen LogP contribution in [-0.2, 0) is 16.9 Å². The number of sulfone groups is 1. The molecule has 4 nitrogen and oxygen atoms in total. The molecule has 0 fully saturated rings. The van der Waals surface area contributed by atoms with Gasteiger partial charge in [0, 0.05) is 36.0 Å². The molecule has 1 aromatic heterocycles. The largest absolute Gasteiger partial charge is 0.351 e. The normalized spacial score (nSPS) is 11.8. The smallest absolute Gasteiger partial charge is 0.174 e. The lowest BCUT2D eigenvalue weighted by Crippen LogP contribution is -2.09. The minimum atomic E-state index is -2.93. The Hall–Kier alpha value is -0.750. The van der Waals surface area contributed by atoms with E-state index in [-0.39, 0.29) is 11.5 Å². The van der Waals surface area contributed by atoms with Gasteiger partial charge in [-0.1, -0.05) is 0 Å². The van der Waals surface area contributed by atoms with Gasteiger partial charge in [0.1, 0.15) is 9.84 Å². The van der Waals surface area contributed by atoms with E-state index in [0.29, 0.717) is 11.5 Å². The van der Waals surface area contributed by atoms with E-state index in [1.54, 1.807) is 0 Å². The SMILES string of the molecule is Cc1cc(C(=O)CSCCS(C)(=O)=O)c(C)n1C. The fraction of sp³-hybridized carbons (Fsp3) is 0.583. The van der Waals surface area contributed by atoms with Gasteiger partial charge in [0.25, 0.3) is 0 Å². The number of Topliss-reactive ketones (excluding diaryl/α,β-unsaturated/α-hetero) is 1. The molecule has 0 radical (unpaired) electrons. The van der Waals surface area contributed by atoms with Gasteiger partial charge < -0.3 is 4.57 Å². The van der Waals surface area contributed by atoms with Crippen LogP contribution in [-0.4, -0.2) is 42.3 Å². The standard InChI is InChI=1S/C12H19NO3S2/c1-9-7-11(10(2)13(9)3)12(14)8-17-5-6-18(4,15)16/h7H,5-6,8H2,1-4H3. The van der Waals surface area contributed by atoms with Gasteiger partial charge in [-0.3, -0.25) is 4.79 Å². The Morgan fingerprint density at radius 2 is 2.00 bits per heavy atom. The number of hydrogen-bond donors (Lipinski definition) is 0. The molecule has 6 heteroatoms. The number of thioether (sulfide) groups is 1. The summed E-state index contributed by atoms with van der Waals surface area (Å²) in [5.74, 6) is 0.988. The van der Waals surface area contributed by atoms with Crippen LogP contribution >= 0.6 is 11.8 Å². The van der Waals surface area contributed by atoms with Crippen molar-refractivity contribution in [1.82, 2.24) is 4.57 Å². The molecule has 0 unspecified atom stereocenters. The molecule has 0 aliphatic carbocycles. The summed E-state index contributed by atoms with van der Waals surface area (Å²) < 4.78 is 23.9. The van der Waals surface area contributed by atoms with Gasteiger partial charge >= 0.3 is 0 Å². The highest BCUT2D eigenvalue weighted by Gasteiger charge is 2.14. The van der Waals surface area contributed by atoms with Crippen molar-refractivity contribution in [3.63, 3.8) is 0 Å². The predicted octanol–water partition coefficient (Wildman–Crippen LogP) is 1.60. The Morgan fingerprint density at radius 3 is 2.44 bits per heavy atom. The van der Waals surface area contributed by atoms with Gasteiger partial charge in [0.15, 0.2) is 5.78 Å². The van der Waals surface area contributed by atoms with Crippen LogP contribution in [0, 0.1) is 13.8 Å². The van der Waals surface area contributed by atoms with Crippen LogP contribution in [0.25, 0.3) is 0 Å². The lowest BCUT2D eigenvalue weighted by Gasteiger charge is -2.02. The van der Waals surface area contributed by atoms with Gasteiger partial charge in [-0.25, -0.2) is 8.42 Å². The number of rotatable bonds is 6. The molecule has 0 bridgehead atoms. The number of ketones is 1. The van der Waals surface area contributed by atoms with E-state index in [4.69, 9.17) is 0 Å². The highest BCUT2D eigenvalue weighted by Crippen LogP contribution is 2.16. The molecule has 0 aliphatic heterocycles. The molecule has 0 amide bonds. The molecule has 1 aromatic rings. The molecule has 0 N–H and O–H groups in total. The fourth-order valence-corrected chi connectivity index (χ4v) is 3.76. The third-order valence-electron chi connectivity index (χ3n) is 2.91. The zero-order valence-corrected chi connectivity index (χ0v) is 12.8. The molecular formula is C12H19NO3S2. The van der Waals surface area contributed by atoms with Crippen LogP contribution in [0.3, 0.4) is 0 Å². The number of hydrogen-bond acceptors (Lipinski definition) is 4. The number of nitrogens with zero attached hydrogens (tertiary/aromatic N) is 1. The Labute approximate surface area is 113 Å². The molecule has 1 heterocycles. The summed E-state index contributed by atoms with van der Waals surface area (Å²) in [5.41, 5.74) is 2.75. The molecule has 0 aliphatic rings. The van der Waals surface area contributed by atoms with Crippen LogP contribution in [0.1, 0.15) is 21.7 Å². The maximum atomic E-state index is 12.0. The van der Waals surface area contributed by atoms with Gasteiger partial charge in [-0.15, -0.1) is 0 Å². The van der Waals surface area contributed by atoms with Crippen molar-refractivity contribution in [3.05, 3.63) is 23.0 Å². The molecule has 0 aromatic carbocycles. The molecule has 0 atom stereocenters. The summed E-state index contributed by atoms with van der Waals surface area (Å²) in [6, 6.07) is 1.88. The van der Waals surface area contributed by atoms with Crippen LogP contribution in [0.5, 0.6) is 0 Å². The second-order valence-electron chi connectivity index (χ2n) is 4.45. The van der Waals surface area contributed by atoms with Crippen LogP contribution < -0.4 is 0 Å². The van der Waals surface area contributed by atoms with E-state index in [1.807, 2.05) is 31.5 Å². The van der Waals surface area contributed by atoms with Gasteiger partial charge in [-0.2, -0.15) is 11.8 Å². The molecular weight excluding hydrogens is 270 g/mol. The average Bonchev–Trinajstić information content (AvgIpc) is 2.51. The van der Waals surface area contributed by atoms with E-state index in [2.05, 4.69) is 0 Å². The van der Waals surface area contributed by atoms with Crippen molar-refractivity contribution in [2.24, 2.45) is 7.05 Å². The van der Waals surface area contributed by atoms with E-state index >= 15 is 0 Å². The Kier molecular flexibility index (Phi) is 5.04. The first-order valence-corrected chi connectivity index (χ1v) is 8.85. The van der Waals surface area contributed by atoms with Crippen molar-refractivity contribution >= 4 is 27.4 Å². The number of aryl methyl sites for hydroxylation is 1. The first-order chi connectivity index (χ1) is 8.22. The van der Waals surface area contributed by atoms with E-state index in [9.17, 15) is 13.2 Å². The zero-order chi connectivity index (χ0) is 13.9. The highest BCUT2D eigenvalue weighted by atomic mass is 32.2. The van der Waals surface area contributed by atoms with Gasteiger partial charge in [-0.05, 0) is 19.9 Å². The number of aromatic nitrogens is 1. The quantitative estimate of drug-likeness (QED) is 0.589.